The second-order valence-corrected chi connectivity index (χ2v) is 4.54. The fraction of sp³-hybridized carbons (Fsp3) is 0.385. The van der Waals surface area contributed by atoms with Crippen LogP contribution in [0.15, 0.2) is 29.3 Å². The lowest BCUT2D eigenvalue weighted by Crippen LogP contribution is -2.26. The highest BCUT2D eigenvalue weighted by Crippen LogP contribution is 2.28. The van der Waals surface area contributed by atoms with E-state index >= 15 is 0 Å². The summed E-state index contributed by atoms with van der Waals surface area (Å²) in [6.07, 6.45) is -1.10. The highest BCUT2D eigenvalue weighted by atomic mass is 19.4. The van der Waals surface area contributed by atoms with Gasteiger partial charge in [-0.15, -0.1) is 0 Å². The Kier molecular flexibility index (Phi) is 3.69. The predicted octanol–water partition coefficient (Wildman–Crippen LogP) is 2.38. The molecule has 0 amide bonds. The van der Waals surface area contributed by atoms with Gasteiger partial charge in [0.2, 0.25) is 0 Å². The first kappa shape index (κ1) is 14.4. The molecule has 0 aliphatic carbocycles. The SMILES string of the molecule is Cc1nccn1CCn1c(C)cc(C(F)(F)F)cc1=O. The number of rotatable bonds is 3. The van der Waals surface area contributed by atoms with E-state index in [1.807, 2.05) is 11.5 Å². The van der Waals surface area contributed by atoms with Gasteiger partial charge in [-0.2, -0.15) is 13.2 Å². The van der Waals surface area contributed by atoms with Crippen molar-refractivity contribution >= 4 is 0 Å². The minimum Gasteiger partial charge on any atom is -0.333 e. The Labute approximate surface area is 113 Å². The number of aromatic nitrogens is 3. The van der Waals surface area contributed by atoms with Crippen molar-refractivity contribution in [2.45, 2.75) is 33.1 Å². The van der Waals surface area contributed by atoms with Gasteiger partial charge in [-0.25, -0.2) is 4.98 Å². The molecule has 4 nitrogen and oxygen atoms in total. The fourth-order valence-electron chi connectivity index (χ4n) is 2.03. The highest BCUT2D eigenvalue weighted by molar-refractivity contribution is 5.20. The lowest BCUT2D eigenvalue weighted by Gasteiger charge is -2.14. The van der Waals surface area contributed by atoms with E-state index in [1.54, 1.807) is 12.4 Å². The molecule has 0 unspecified atom stereocenters. The molecule has 2 aromatic rings. The molecule has 0 saturated carbocycles. The summed E-state index contributed by atoms with van der Waals surface area (Å²) in [5.41, 5.74) is -1.26. The first-order valence-corrected chi connectivity index (χ1v) is 6.05. The Hall–Kier alpha value is -2.05. The van der Waals surface area contributed by atoms with Crippen molar-refractivity contribution in [2.75, 3.05) is 0 Å². The smallest absolute Gasteiger partial charge is 0.333 e. The van der Waals surface area contributed by atoms with Gasteiger partial charge in [0, 0.05) is 37.2 Å². The van der Waals surface area contributed by atoms with Crippen LogP contribution >= 0.6 is 0 Å². The molecule has 0 N–H and O–H groups in total. The maximum absolute atomic E-state index is 12.6. The van der Waals surface area contributed by atoms with Crippen LogP contribution in [0.5, 0.6) is 0 Å². The molecule has 0 aliphatic heterocycles. The van der Waals surface area contributed by atoms with E-state index in [0.717, 1.165) is 11.9 Å². The Morgan fingerprint density at radius 1 is 1.20 bits per heavy atom. The Morgan fingerprint density at radius 3 is 2.40 bits per heavy atom. The summed E-state index contributed by atoms with van der Waals surface area (Å²) in [5.74, 6) is 0.794. The first-order valence-electron chi connectivity index (χ1n) is 6.05. The van der Waals surface area contributed by atoms with Crippen LogP contribution in [0, 0.1) is 13.8 Å². The third kappa shape index (κ3) is 2.92. The van der Waals surface area contributed by atoms with Gasteiger partial charge < -0.3 is 9.13 Å². The maximum Gasteiger partial charge on any atom is 0.416 e. The Balaban J connectivity index is 2.25. The molecule has 0 fully saturated rings. The lowest BCUT2D eigenvalue weighted by atomic mass is 10.2. The largest absolute Gasteiger partial charge is 0.416 e. The first-order chi connectivity index (χ1) is 9.29. The van der Waals surface area contributed by atoms with Crippen molar-refractivity contribution in [1.29, 1.82) is 0 Å². The molecule has 7 heteroatoms. The van der Waals surface area contributed by atoms with Crippen LogP contribution in [-0.2, 0) is 19.3 Å². The van der Waals surface area contributed by atoms with Crippen molar-refractivity contribution in [1.82, 2.24) is 14.1 Å². The number of pyridine rings is 1. The summed E-state index contributed by atoms with van der Waals surface area (Å²) in [5, 5.41) is 0. The Bertz CT molecular complexity index is 670. The molecule has 108 valence electrons. The monoisotopic (exact) mass is 285 g/mol. The molecule has 0 saturated heterocycles. The number of nitrogens with zero attached hydrogens (tertiary/aromatic N) is 3. The number of imidazole rings is 1. The van der Waals surface area contributed by atoms with Crippen molar-refractivity contribution in [2.24, 2.45) is 0 Å². The lowest BCUT2D eigenvalue weighted by molar-refractivity contribution is -0.137. The van der Waals surface area contributed by atoms with E-state index in [4.69, 9.17) is 0 Å². The van der Waals surface area contributed by atoms with Gasteiger partial charge >= 0.3 is 6.18 Å². The number of alkyl halides is 3. The summed E-state index contributed by atoms with van der Waals surface area (Å²) in [6.45, 7) is 4.11. The molecule has 0 atom stereocenters. The minimum atomic E-state index is -4.50. The van der Waals surface area contributed by atoms with E-state index in [-0.39, 0.29) is 0 Å². The van der Waals surface area contributed by atoms with Crippen LogP contribution in [0.4, 0.5) is 13.2 Å². The second kappa shape index (κ2) is 5.15. The van der Waals surface area contributed by atoms with Crippen LogP contribution in [0.25, 0.3) is 0 Å². The zero-order valence-electron chi connectivity index (χ0n) is 11.1. The molecule has 2 aromatic heterocycles. The van der Waals surface area contributed by atoms with Crippen molar-refractivity contribution in [3.05, 3.63) is 52.0 Å². The molecule has 0 aromatic carbocycles. The van der Waals surface area contributed by atoms with Crippen LogP contribution in [0.2, 0.25) is 0 Å². The van der Waals surface area contributed by atoms with Crippen LogP contribution < -0.4 is 5.56 Å². The molecule has 0 aliphatic rings. The molecule has 20 heavy (non-hydrogen) atoms. The zero-order chi connectivity index (χ0) is 14.9. The van der Waals surface area contributed by atoms with E-state index in [9.17, 15) is 18.0 Å². The molecule has 2 rings (SSSR count). The second-order valence-electron chi connectivity index (χ2n) is 4.54. The predicted molar refractivity (Wildman–Crippen MR) is 67.4 cm³/mol. The van der Waals surface area contributed by atoms with Crippen LogP contribution in [0.3, 0.4) is 0 Å². The summed E-state index contributed by atoms with van der Waals surface area (Å²) in [4.78, 5) is 15.8. The van der Waals surface area contributed by atoms with Crippen LogP contribution in [-0.4, -0.2) is 14.1 Å². The van der Waals surface area contributed by atoms with E-state index in [0.29, 0.717) is 24.8 Å². The summed E-state index contributed by atoms with van der Waals surface area (Å²) in [7, 11) is 0. The van der Waals surface area contributed by atoms with Gasteiger partial charge in [0.25, 0.3) is 5.56 Å². The van der Waals surface area contributed by atoms with Gasteiger partial charge in [-0.1, -0.05) is 0 Å². The molecule has 0 radical (unpaired) electrons. The zero-order valence-corrected chi connectivity index (χ0v) is 11.1. The summed E-state index contributed by atoms with van der Waals surface area (Å²) < 4.78 is 40.9. The molecule has 0 bridgehead atoms. The number of hydrogen-bond donors (Lipinski definition) is 0. The van der Waals surface area contributed by atoms with Gasteiger partial charge in [0.1, 0.15) is 5.82 Å². The fourth-order valence-corrected chi connectivity index (χ4v) is 2.03. The molecular weight excluding hydrogens is 271 g/mol. The molecule has 2 heterocycles. The topological polar surface area (TPSA) is 39.8 Å². The number of halogens is 3. The van der Waals surface area contributed by atoms with Gasteiger partial charge in [-0.3, -0.25) is 4.79 Å². The normalized spacial score (nSPS) is 11.8. The third-order valence-corrected chi connectivity index (χ3v) is 3.15. The van der Waals surface area contributed by atoms with E-state index in [1.165, 1.54) is 11.5 Å². The maximum atomic E-state index is 12.6. The van der Waals surface area contributed by atoms with Crippen molar-refractivity contribution in [3.63, 3.8) is 0 Å². The summed E-state index contributed by atoms with van der Waals surface area (Å²) in [6, 6.07) is 1.62. The quantitative estimate of drug-likeness (QED) is 0.868. The Morgan fingerprint density at radius 2 is 1.90 bits per heavy atom. The average Bonchev–Trinajstić information content (AvgIpc) is 2.72. The molecular formula is C13H14F3N3O. The highest BCUT2D eigenvalue weighted by Gasteiger charge is 2.31. The van der Waals surface area contributed by atoms with Crippen molar-refractivity contribution < 1.29 is 13.2 Å². The molecule has 0 spiro atoms. The standard InChI is InChI=1S/C13H14F3N3O/c1-9-7-11(13(14,15)16)8-12(20)19(9)6-5-18-4-3-17-10(18)2/h3-4,7-8H,5-6H2,1-2H3. The third-order valence-electron chi connectivity index (χ3n) is 3.15. The van der Waals surface area contributed by atoms with E-state index in [2.05, 4.69) is 4.98 Å². The van der Waals surface area contributed by atoms with Gasteiger partial charge in [0.15, 0.2) is 0 Å². The van der Waals surface area contributed by atoms with Gasteiger partial charge in [-0.05, 0) is 19.9 Å². The van der Waals surface area contributed by atoms with Crippen LogP contribution in [0.1, 0.15) is 17.1 Å². The number of hydrogen-bond acceptors (Lipinski definition) is 2. The average molecular weight is 285 g/mol. The minimum absolute atomic E-state index is 0.294. The van der Waals surface area contributed by atoms with E-state index < -0.39 is 17.3 Å². The summed E-state index contributed by atoms with van der Waals surface area (Å²) >= 11 is 0. The van der Waals surface area contributed by atoms with Crippen molar-refractivity contribution in [3.8, 4) is 0 Å². The van der Waals surface area contributed by atoms with Gasteiger partial charge in [0.05, 0.1) is 5.56 Å². The number of aryl methyl sites for hydroxylation is 3.